The molecular weight excluding hydrogens is 222 g/mol. The Balaban J connectivity index is 2.17. The summed E-state index contributed by atoms with van der Waals surface area (Å²) in [6.45, 7) is 9.40. The van der Waals surface area contributed by atoms with Gasteiger partial charge in [-0.15, -0.1) is 0 Å². The van der Waals surface area contributed by atoms with Gasteiger partial charge in [0.05, 0.1) is 5.56 Å². The molecule has 0 amide bonds. The molecule has 0 saturated heterocycles. The molecule has 1 aromatic rings. The first-order chi connectivity index (χ1) is 8.48. The van der Waals surface area contributed by atoms with E-state index in [1.165, 1.54) is 12.8 Å². The molecule has 0 bridgehead atoms. The molecule has 1 N–H and O–H groups in total. The number of aryl methyl sites for hydroxylation is 2. The van der Waals surface area contributed by atoms with Crippen molar-refractivity contribution in [1.82, 2.24) is 4.98 Å². The van der Waals surface area contributed by atoms with E-state index in [0.717, 1.165) is 23.6 Å². The van der Waals surface area contributed by atoms with Gasteiger partial charge in [-0.1, -0.05) is 13.8 Å². The summed E-state index contributed by atoms with van der Waals surface area (Å²) in [6, 6.07) is 4.21. The molecule has 0 aliphatic heterocycles. The van der Waals surface area contributed by atoms with Crippen LogP contribution in [0.3, 0.4) is 0 Å². The van der Waals surface area contributed by atoms with Crippen molar-refractivity contribution in [3.63, 3.8) is 0 Å². The highest BCUT2D eigenvalue weighted by Crippen LogP contribution is 2.51. The summed E-state index contributed by atoms with van der Waals surface area (Å²) in [7, 11) is 0. The zero-order valence-corrected chi connectivity index (χ0v) is 11.7. The number of nitrogens with zero attached hydrogens (tertiary/aromatic N) is 2. The third-order valence-electron chi connectivity index (χ3n) is 4.18. The molecule has 18 heavy (non-hydrogen) atoms. The number of nitriles is 1. The van der Waals surface area contributed by atoms with E-state index in [1.54, 1.807) is 0 Å². The van der Waals surface area contributed by atoms with Gasteiger partial charge < -0.3 is 5.32 Å². The number of rotatable bonds is 4. The Morgan fingerprint density at radius 2 is 2.11 bits per heavy atom. The molecule has 1 fully saturated rings. The molecule has 96 valence electrons. The predicted octanol–water partition coefficient (Wildman–Crippen LogP) is 3.42. The third-order valence-corrected chi connectivity index (χ3v) is 4.18. The van der Waals surface area contributed by atoms with Gasteiger partial charge in [-0.25, -0.2) is 4.98 Å². The van der Waals surface area contributed by atoms with E-state index < -0.39 is 0 Å². The first-order valence-electron chi connectivity index (χ1n) is 6.61. The van der Waals surface area contributed by atoms with Crippen molar-refractivity contribution in [2.24, 2.45) is 11.3 Å². The molecule has 0 spiro atoms. The number of aromatic nitrogens is 1. The van der Waals surface area contributed by atoms with Crippen LogP contribution in [-0.4, -0.2) is 11.5 Å². The maximum absolute atomic E-state index is 9.21. The molecule has 2 rings (SSSR count). The van der Waals surface area contributed by atoms with Crippen LogP contribution in [0.25, 0.3) is 0 Å². The van der Waals surface area contributed by atoms with Crippen molar-refractivity contribution < 1.29 is 0 Å². The minimum absolute atomic E-state index is 0.423. The fourth-order valence-electron chi connectivity index (χ4n) is 2.48. The van der Waals surface area contributed by atoms with Crippen LogP contribution < -0.4 is 5.32 Å². The first-order valence-corrected chi connectivity index (χ1v) is 6.61. The Hall–Kier alpha value is -1.56. The lowest BCUT2D eigenvalue weighted by molar-refractivity contribution is 0.380. The zero-order valence-electron chi connectivity index (χ0n) is 11.7. The monoisotopic (exact) mass is 243 g/mol. The molecule has 3 heteroatoms. The molecule has 1 aliphatic carbocycles. The van der Waals surface area contributed by atoms with Gasteiger partial charge in [0.1, 0.15) is 11.9 Å². The SMILES string of the molecule is Cc1cc(C)c(C#N)c(NCC2(C(C)C)CC2)n1. The summed E-state index contributed by atoms with van der Waals surface area (Å²) in [5, 5.41) is 12.6. The maximum Gasteiger partial charge on any atom is 0.144 e. The van der Waals surface area contributed by atoms with Gasteiger partial charge in [0.2, 0.25) is 0 Å². The Morgan fingerprint density at radius 3 is 2.61 bits per heavy atom. The summed E-state index contributed by atoms with van der Waals surface area (Å²) in [4.78, 5) is 4.46. The average Bonchev–Trinajstić information content (AvgIpc) is 3.06. The van der Waals surface area contributed by atoms with Crippen molar-refractivity contribution >= 4 is 5.82 Å². The topological polar surface area (TPSA) is 48.7 Å². The van der Waals surface area contributed by atoms with Crippen LogP contribution in [0.4, 0.5) is 5.82 Å². The standard InChI is InChI=1S/C15H21N3/c1-10(2)15(5-6-15)9-17-14-13(8-16)11(3)7-12(4)18-14/h7,10H,5-6,9H2,1-4H3,(H,17,18). The molecule has 0 atom stereocenters. The van der Waals surface area contributed by atoms with Crippen LogP contribution >= 0.6 is 0 Å². The summed E-state index contributed by atoms with van der Waals surface area (Å²) < 4.78 is 0. The van der Waals surface area contributed by atoms with E-state index in [0.29, 0.717) is 16.9 Å². The number of nitrogens with one attached hydrogen (secondary N) is 1. The second kappa shape index (κ2) is 4.61. The van der Waals surface area contributed by atoms with Crippen LogP contribution in [-0.2, 0) is 0 Å². The second-order valence-electron chi connectivity index (χ2n) is 5.79. The Morgan fingerprint density at radius 1 is 1.44 bits per heavy atom. The lowest BCUT2D eigenvalue weighted by Crippen LogP contribution is -2.22. The summed E-state index contributed by atoms with van der Waals surface area (Å²) in [5.41, 5.74) is 3.07. The van der Waals surface area contributed by atoms with Crippen molar-refractivity contribution in [1.29, 1.82) is 5.26 Å². The number of hydrogen-bond donors (Lipinski definition) is 1. The van der Waals surface area contributed by atoms with Crippen molar-refractivity contribution in [3.8, 4) is 6.07 Å². The van der Waals surface area contributed by atoms with E-state index in [4.69, 9.17) is 0 Å². The second-order valence-corrected chi connectivity index (χ2v) is 5.79. The van der Waals surface area contributed by atoms with Gasteiger partial charge in [-0.2, -0.15) is 5.26 Å². The fraction of sp³-hybridized carbons (Fsp3) is 0.600. The molecule has 0 unspecified atom stereocenters. The van der Waals surface area contributed by atoms with Crippen molar-refractivity contribution in [2.75, 3.05) is 11.9 Å². The van der Waals surface area contributed by atoms with Gasteiger partial charge in [0.15, 0.2) is 0 Å². The van der Waals surface area contributed by atoms with Crippen molar-refractivity contribution in [2.45, 2.75) is 40.5 Å². The minimum Gasteiger partial charge on any atom is -0.368 e. The summed E-state index contributed by atoms with van der Waals surface area (Å²) in [5.74, 6) is 1.43. The van der Waals surface area contributed by atoms with E-state index in [-0.39, 0.29) is 0 Å². The number of pyridine rings is 1. The number of anilines is 1. The summed E-state index contributed by atoms with van der Waals surface area (Å²) >= 11 is 0. The van der Waals surface area contributed by atoms with Crippen LogP contribution in [0, 0.1) is 36.5 Å². The molecule has 1 heterocycles. The Bertz CT molecular complexity index is 493. The largest absolute Gasteiger partial charge is 0.368 e. The fourth-order valence-corrected chi connectivity index (χ4v) is 2.48. The lowest BCUT2D eigenvalue weighted by Gasteiger charge is -2.21. The van der Waals surface area contributed by atoms with E-state index in [2.05, 4.69) is 30.2 Å². The smallest absolute Gasteiger partial charge is 0.144 e. The van der Waals surface area contributed by atoms with Crippen molar-refractivity contribution in [3.05, 3.63) is 22.9 Å². The van der Waals surface area contributed by atoms with Gasteiger partial charge in [-0.05, 0) is 49.7 Å². The lowest BCUT2D eigenvalue weighted by atomic mass is 9.92. The Labute approximate surface area is 109 Å². The minimum atomic E-state index is 0.423. The van der Waals surface area contributed by atoms with Crippen LogP contribution in [0.5, 0.6) is 0 Å². The molecule has 1 saturated carbocycles. The van der Waals surface area contributed by atoms with Crippen LogP contribution in [0.2, 0.25) is 0 Å². The molecule has 1 aromatic heterocycles. The normalized spacial score (nSPS) is 16.4. The highest BCUT2D eigenvalue weighted by molar-refractivity contribution is 5.56. The third kappa shape index (κ3) is 2.33. The van der Waals surface area contributed by atoms with Crippen LogP contribution in [0.1, 0.15) is 43.5 Å². The molecular formula is C15H21N3. The summed E-state index contributed by atoms with van der Waals surface area (Å²) in [6.07, 6.45) is 2.56. The van der Waals surface area contributed by atoms with Gasteiger partial charge in [0, 0.05) is 12.2 Å². The zero-order chi connectivity index (χ0) is 13.3. The van der Waals surface area contributed by atoms with Crippen LogP contribution in [0.15, 0.2) is 6.07 Å². The van der Waals surface area contributed by atoms with Gasteiger partial charge in [0.25, 0.3) is 0 Å². The quantitative estimate of drug-likeness (QED) is 0.881. The van der Waals surface area contributed by atoms with Gasteiger partial charge in [-0.3, -0.25) is 0 Å². The van der Waals surface area contributed by atoms with E-state index in [9.17, 15) is 5.26 Å². The number of hydrogen-bond acceptors (Lipinski definition) is 3. The molecule has 0 aromatic carbocycles. The molecule has 1 aliphatic rings. The highest BCUT2D eigenvalue weighted by atomic mass is 15.0. The predicted molar refractivity (Wildman–Crippen MR) is 73.4 cm³/mol. The highest BCUT2D eigenvalue weighted by Gasteiger charge is 2.45. The van der Waals surface area contributed by atoms with Gasteiger partial charge >= 0.3 is 0 Å². The molecule has 0 radical (unpaired) electrons. The maximum atomic E-state index is 9.21. The molecule has 3 nitrogen and oxygen atoms in total. The van der Waals surface area contributed by atoms with E-state index in [1.807, 2.05) is 19.9 Å². The van der Waals surface area contributed by atoms with E-state index >= 15 is 0 Å². The Kier molecular flexibility index (Phi) is 3.30. The first kappa shape index (κ1) is 12.9. The average molecular weight is 243 g/mol.